The van der Waals surface area contributed by atoms with E-state index >= 15 is 0 Å². The minimum Gasteiger partial charge on any atom is -0.461 e. The van der Waals surface area contributed by atoms with Crippen LogP contribution in [0.1, 0.15) is 42.4 Å². The Morgan fingerprint density at radius 3 is 2.70 bits per heavy atom. The van der Waals surface area contributed by atoms with Crippen molar-refractivity contribution < 1.29 is 9.53 Å². The summed E-state index contributed by atoms with van der Waals surface area (Å²) in [7, 11) is 0. The molecule has 1 aliphatic rings. The average molecular weight is 365 g/mol. The van der Waals surface area contributed by atoms with Gasteiger partial charge in [0.05, 0.1) is 12.3 Å². The number of rotatable bonds is 4. The molecule has 0 radical (unpaired) electrons. The molecular formula is C20H23N5O2. The predicted molar refractivity (Wildman–Crippen MR) is 104 cm³/mol. The molecule has 4 rings (SSSR count). The number of hydrogen-bond acceptors (Lipinski definition) is 6. The molecule has 0 amide bonds. The van der Waals surface area contributed by atoms with Crippen LogP contribution in [0.4, 0.5) is 11.6 Å². The number of carbonyl (C=O) groups is 1. The molecule has 140 valence electrons. The Morgan fingerprint density at radius 1 is 1.19 bits per heavy atom. The summed E-state index contributed by atoms with van der Waals surface area (Å²) in [6.07, 6.45) is 3.29. The van der Waals surface area contributed by atoms with Gasteiger partial charge in [0, 0.05) is 17.4 Å². The summed E-state index contributed by atoms with van der Waals surface area (Å²) in [5.74, 6) is 0.120. The van der Waals surface area contributed by atoms with E-state index in [1.165, 1.54) is 0 Å². The number of benzene rings is 1. The number of esters is 1. The number of anilines is 2. The van der Waals surface area contributed by atoms with Crippen LogP contribution >= 0.6 is 0 Å². The SMILES string of the molecule is CC.CCOC(=O)c1[nH]nc2c1CCc1cnc(Nc3ccccc3)nc1-2. The summed E-state index contributed by atoms with van der Waals surface area (Å²) in [4.78, 5) is 21.1. The van der Waals surface area contributed by atoms with Gasteiger partial charge in [0.2, 0.25) is 5.95 Å². The van der Waals surface area contributed by atoms with Crippen LogP contribution in [0.3, 0.4) is 0 Å². The first-order valence-electron chi connectivity index (χ1n) is 9.19. The van der Waals surface area contributed by atoms with Gasteiger partial charge in [0.25, 0.3) is 0 Å². The number of aromatic amines is 1. The third kappa shape index (κ3) is 3.81. The summed E-state index contributed by atoms with van der Waals surface area (Å²) in [5, 5.41) is 10.3. The number of nitrogens with one attached hydrogen (secondary N) is 2. The molecule has 2 N–H and O–H groups in total. The smallest absolute Gasteiger partial charge is 0.356 e. The van der Waals surface area contributed by atoms with Crippen molar-refractivity contribution in [3.63, 3.8) is 0 Å². The Balaban J connectivity index is 0.00000102. The quantitative estimate of drug-likeness (QED) is 0.681. The van der Waals surface area contributed by atoms with Gasteiger partial charge in [-0.2, -0.15) is 5.10 Å². The summed E-state index contributed by atoms with van der Waals surface area (Å²) in [6.45, 7) is 6.11. The second-order valence-electron chi connectivity index (χ2n) is 5.70. The van der Waals surface area contributed by atoms with E-state index < -0.39 is 0 Å². The first-order chi connectivity index (χ1) is 13.3. The molecule has 0 spiro atoms. The molecule has 3 aromatic rings. The number of aryl methyl sites for hydroxylation is 1. The minimum atomic E-state index is -0.378. The minimum absolute atomic E-state index is 0.330. The largest absolute Gasteiger partial charge is 0.461 e. The van der Waals surface area contributed by atoms with Gasteiger partial charge in [-0.05, 0) is 37.5 Å². The van der Waals surface area contributed by atoms with Gasteiger partial charge in [0.15, 0.2) is 0 Å². The van der Waals surface area contributed by atoms with Crippen LogP contribution in [0.25, 0.3) is 11.4 Å². The summed E-state index contributed by atoms with van der Waals surface area (Å²) in [5.41, 5.74) is 4.65. The van der Waals surface area contributed by atoms with Crippen molar-refractivity contribution in [2.45, 2.75) is 33.6 Å². The van der Waals surface area contributed by atoms with Crippen LogP contribution < -0.4 is 5.32 Å². The fraction of sp³-hybridized carbons (Fsp3) is 0.300. The van der Waals surface area contributed by atoms with Crippen molar-refractivity contribution in [2.24, 2.45) is 0 Å². The summed E-state index contributed by atoms with van der Waals surface area (Å²) in [6, 6.07) is 9.73. The zero-order valence-electron chi connectivity index (χ0n) is 15.7. The fourth-order valence-electron chi connectivity index (χ4n) is 2.94. The molecule has 0 bridgehead atoms. The lowest BCUT2D eigenvalue weighted by molar-refractivity contribution is 0.0518. The molecule has 0 atom stereocenters. The zero-order chi connectivity index (χ0) is 19.2. The first kappa shape index (κ1) is 18.6. The fourth-order valence-corrected chi connectivity index (χ4v) is 2.94. The average Bonchev–Trinajstić information content (AvgIpc) is 3.15. The first-order valence-corrected chi connectivity index (χ1v) is 9.19. The van der Waals surface area contributed by atoms with Gasteiger partial charge in [-0.25, -0.2) is 14.8 Å². The molecule has 0 saturated heterocycles. The van der Waals surface area contributed by atoms with E-state index in [2.05, 4.69) is 25.5 Å². The summed E-state index contributed by atoms with van der Waals surface area (Å²) < 4.78 is 5.09. The number of para-hydroxylation sites is 1. The monoisotopic (exact) mass is 365 g/mol. The lowest BCUT2D eigenvalue weighted by atomic mass is 9.93. The van der Waals surface area contributed by atoms with E-state index in [9.17, 15) is 4.79 Å². The Morgan fingerprint density at radius 2 is 1.96 bits per heavy atom. The van der Waals surface area contributed by atoms with Gasteiger partial charge in [-0.3, -0.25) is 5.10 Å². The van der Waals surface area contributed by atoms with E-state index in [-0.39, 0.29) is 5.97 Å². The maximum Gasteiger partial charge on any atom is 0.356 e. The second-order valence-corrected chi connectivity index (χ2v) is 5.70. The van der Waals surface area contributed by atoms with Crippen molar-refractivity contribution in [1.82, 2.24) is 20.2 Å². The third-order valence-corrected chi connectivity index (χ3v) is 4.11. The van der Waals surface area contributed by atoms with E-state index in [1.54, 1.807) is 6.92 Å². The highest BCUT2D eigenvalue weighted by atomic mass is 16.5. The Bertz CT molecular complexity index is 921. The van der Waals surface area contributed by atoms with Crippen molar-refractivity contribution >= 4 is 17.6 Å². The molecule has 7 nitrogen and oxygen atoms in total. The summed E-state index contributed by atoms with van der Waals surface area (Å²) >= 11 is 0. The highest BCUT2D eigenvalue weighted by Crippen LogP contribution is 2.32. The second kappa shape index (κ2) is 8.44. The number of carbonyl (C=O) groups excluding carboxylic acids is 1. The van der Waals surface area contributed by atoms with Crippen LogP contribution in [0.5, 0.6) is 0 Å². The van der Waals surface area contributed by atoms with Crippen molar-refractivity contribution in [1.29, 1.82) is 0 Å². The lowest BCUT2D eigenvalue weighted by Gasteiger charge is -2.15. The van der Waals surface area contributed by atoms with Crippen molar-refractivity contribution in [3.05, 3.63) is 53.3 Å². The molecule has 1 aliphatic carbocycles. The molecule has 1 aromatic carbocycles. The number of aromatic nitrogens is 4. The standard InChI is InChI=1S/C18H17N5O2.C2H6/c1-2-25-17(24)16-13-9-8-11-10-19-18(20-12-6-4-3-5-7-12)21-14(11)15(13)22-23-16;1-2/h3-7,10H,2,8-9H2,1H3,(H,22,23)(H,19,20,21);1-2H3. The van der Waals surface area contributed by atoms with E-state index in [1.807, 2.05) is 50.4 Å². The molecule has 0 fully saturated rings. The van der Waals surface area contributed by atoms with Crippen LogP contribution in [0.15, 0.2) is 36.5 Å². The molecule has 7 heteroatoms. The molecule has 0 saturated carbocycles. The topological polar surface area (TPSA) is 92.8 Å². The normalized spacial score (nSPS) is 11.5. The number of nitrogens with zero attached hydrogens (tertiary/aromatic N) is 3. The van der Waals surface area contributed by atoms with E-state index in [0.29, 0.717) is 30.4 Å². The van der Waals surface area contributed by atoms with E-state index in [4.69, 9.17) is 4.74 Å². The Kier molecular flexibility index (Phi) is 5.80. The highest BCUT2D eigenvalue weighted by molar-refractivity contribution is 5.91. The molecule has 2 heterocycles. The maximum absolute atomic E-state index is 12.1. The van der Waals surface area contributed by atoms with Crippen molar-refractivity contribution in [2.75, 3.05) is 11.9 Å². The van der Waals surface area contributed by atoms with Crippen LogP contribution in [0, 0.1) is 0 Å². The van der Waals surface area contributed by atoms with Crippen molar-refractivity contribution in [3.8, 4) is 11.4 Å². The number of hydrogen-bond donors (Lipinski definition) is 2. The Labute approximate surface area is 158 Å². The number of ether oxygens (including phenoxy) is 1. The van der Waals surface area contributed by atoms with Gasteiger partial charge in [-0.1, -0.05) is 32.0 Å². The lowest BCUT2D eigenvalue weighted by Crippen LogP contribution is -2.12. The van der Waals surface area contributed by atoms with Gasteiger partial charge < -0.3 is 10.1 Å². The highest BCUT2D eigenvalue weighted by Gasteiger charge is 2.27. The predicted octanol–water partition coefficient (Wildman–Crippen LogP) is 3.91. The van der Waals surface area contributed by atoms with Gasteiger partial charge >= 0.3 is 5.97 Å². The van der Waals surface area contributed by atoms with Crippen LogP contribution in [-0.4, -0.2) is 32.7 Å². The zero-order valence-corrected chi connectivity index (χ0v) is 15.7. The van der Waals surface area contributed by atoms with E-state index in [0.717, 1.165) is 28.9 Å². The maximum atomic E-state index is 12.1. The molecule has 0 unspecified atom stereocenters. The number of H-pyrrole nitrogens is 1. The van der Waals surface area contributed by atoms with Crippen LogP contribution in [0.2, 0.25) is 0 Å². The van der Waals surface area contributed by atoms with Gasteiger partial charge in [0.1, 0.15) is 11.4 Å². The third-order valence-electron chi connectivity index (χ3n) is 4.11. The molecule has 27 heavy (non-hydrogen) atoms. The molecule has 0 aliphatic heterocycles. The molecule has 2 aromatic heterocycles. The molecular weight excluding hydrogens is 342 g/mol. The number of fused-ring (bicyclic) bond motifs is 3. The van der Waals surface area contributed by atoms with Gasteiger partial charge in [-0.15, -0.1) is 0 Å². The van der Waals surface area contributed by atoms with Crippen LogP contribution in [-0.2, 0) is 17.6 Å². The Hall–Kier alpha value is -3.22.